The normalized spacial score (nSPS) is 12.7. The zero-order chi connectivity index (χ0) is 40.3. The smallest absolute Gasteiger partial charge is 0.0713 e. The van der Waals surface area contributed by atoms with E-state index in [1.807, 2.05) is 0 Å². The van der Waals surface area contributed by atoms with E-state index in [1.54, 1.807) is 0 Å². The van der Waals surface area contributed by atoms with Crippen molar-refractivity contribution in [3.05, 3.63) is 265 Å². The number of aromatic nitrogens is 1. The number of para-hydroxylation sites is 2. The van der Waals surface area contributed by atoms with Gasteiger partial charge in [-0.15, -0.1) is 0 Å². The summed E-state index contributed by atoms with van der Waals surface area (Å²) in [5, 5.41) is 4.91. The lowest BCUT2D eigenvalue weighted by Gasteiger charge is -2.34. The lowest BCUT2D eigenvalue weighted by Crippen LogP contribution is -2.28. The summed E-state index contributed by atoms with van der Waals surface area (Å²) in [5.41, 5.74) is 16.5. The second kappa shape index (κ2) is 14.1. The molecule has 10 aromatic carbocycles. The van der Waals surface area contributed by atoms with Crippen LogP contribution in [0.3, 0.4) is 0 Å². The van der Waals surface area contributed by atoms with E-state index < -0.39 is 5.41 Å². The highest BCUT2D eigenvalue weighted by Gasteiger charge is 2.46. The van der Waals surface area contributed by atoms with Crippen LogP contribution in [0.5, 0.6) is 0 Å². The first-order valence-electron chi connectivity index (χ1n) is 21.1. The molecule has 1 aromatic heterocycles. The monoisotopic (exact) mass is 776 g/mol. The van der Waals surface area contributed by atoms with E-state index in [1.165, 1.54) is 77.1 Å². The lowest BCUT2D eigenvalue weighted by molar-refractivity contribution is 0.769. The molecular weight excluding hydrogens is 737 g/mol. The Balaban J connectivity index is 1.02. The Bertz CT molecular complexity index is 3360. The number of anilines is 3. The number of fused-ring (bicyclic) bond motifs is 7. The van der Waals surface area contributed by atoms with Gasteiger partial charge in [0.15, 0.2) is 0 Å². The first-order valence-corrected chi connectivity index (χ1v) is 21.1. The summed E-state index contributed by atoms with van der Waals surface area (Å²) >= 11 is 0. The third-order valence-corrected chi connectivity index (χ3v) is 12.8. The Morgan fingerprint density at radius 1 is 0.328 bits per heavy atom. The van der Waals surface area contributed by atoms with Crippen LogP contribution in [0.4, 0.5) is 17.1 Å². The zero-order valence-electron chi connectivity index (χ0n) is 33.5. The molecule has 0 amide bonds. The number of hydrogen-bond donors (Lipinski definition) is 0. The van der Waals surface area contributed by atoms with Crippen molar-refractivity contribution in [1.82, 2.24) is 4.57 Å². The van der Waals surface area contributed by atoms with Gasteiger partial charge in [-0.25, -0.2) is 0 Å². The highest BCUT2D eigenvalue weighted by Crippen LogP contribution is 2.56. The molecule has 11 aromatic rings. The van der Waals surface area contributed by atoms with E-state index in [9.17, 15) is 0 Å². The Labute approximate surface area is 355 Å². The molecular formula is C59H40N2. The predicted octanol–water partition coefficient (Wildman–Crippen LogP) is 15.4. The molecule has 12 rings (SSSR count). The van der Waals surface area contributed by atoms with Gasteiger partial charge < -0.3 is 9.47 Å². The molecule has 0 saturated heterocycles. The molecule has 0 fully saturated rings. The number of hydrogen-bond acceptors (Lipinski definition) is 1. The van der Waals surface area contributed by atoms with Gasteiger partial charge in [0.1, 0.15) is 0 Å². The Morgan fingerprint density at radius 3 is 1.66 bits per heavy atom. The summed E-state index contributed by atoms with van der Waals surface area (Å²) in [7, 11) is 0. The van der Waals surface area contributed by atoms with Gasteiger partial charge in [-0.3, -0.25) is 0 Å². The van der Waals surface area contributed by atoms with Crippen LogP contribution < -0.4 is 4.90 Å². The minimum atomic E-state index is -0.446. The Hall–Kier alpha value is -7.94. The van der Waals surface area contributed by atoms with Gasteiger partial charge in [-0.2, -0.15) is 0 Å². The average molecular weight is 777 g/mol. The van der Waals surface area contributed by atoms with E-state index in [0.29, 0.717) is 0 Å². The van der Waals surface area contributed by atoms with Gasteiger partial charge in [-0.1, -0.05) is 182 Å². The fourth-order valence-corrected chi connectivity index (χ4v) is 10.1. The quantitative estimate of drug-likeness (QED) is 0.156. The third kappa shape index (κ3) is 5.50. The maximum atomic E-state index is 2.45. The molecule has 1 heterocycles. The summed E-state index contributed by atoms with van der Waals surface area (Å²) in [4.78, 5) is 2.40. The minimum Gasteiger partial charge on any atom is -0.310 e. The van der Waals surface area contributed by atoms with Gasteiger partial charge in [0.05, 0.1) is 16.4 Å². The molecule has 0 N–H and O–H groups in total. The van der Waals surface area contributed by atoms with Crippen LogP contribution in [-0.2, 0) is 5.41 Å². The number of rotatable bonds is 7. The van der Waals surface area contributed by atoms with E-state index >= 15 is 0 Å². The largest absolute Gasteiger partial charge is 0.310 e. The molecule has 1 aliphatic rings. The van der Waals surface area contributed by atoms with Crippen LogP contribution in [0, 0.1) is 0 Å². The van der Waals surface area contributed by atoms with Crippen LogP contribution in [0.2, 0.25) is 0 Å². The fourth-order valence-electron chi connectivity index (χ4n) is 10.1. The standard InChI is InChI=1S/C59H40N2/c1-4-18-45(19-5-1)59(46-20-6-2-7-21-46)55-26-14-12-24-51(55)52-36-31-44(39-56(52)59)42-28-32-48(33-29-42)60(49-34-30-41-16-10-11-17-43(41)38-49)50-35-37-54-53-25-13-15-27-57(53)61(58(54)40-50)47-22-8-3-9-23-47/h1-40H. The van der Waals surface area contributed by atoms with Gasteiger partial charge in [-0.05, 0) is 116 Å². The highest BCUT2D eigenvalue weighted by atomic mass is 15.1. The van der Waals surface area contributed by atoms with E-state index in [-0.39, 0.29) is 0 Å². The zero-order valence-corrected chi connectivity index (χ0v) is 33.5. The second-order valence-corrected chi connectivity index (χ2v) is 16.1. The van der Waals surface area contributed by atoms with Crippen molar-refractivity contribution in [3.8, 4) is 27.9 Å². The molecule has 286 valence electrons. The van der Waals surface area contributed by atoms with Crippen molar-refractivity contribution < 1.29 is 0 Å². The number of nitrogens with zero attached hydrogens (tertiary/aromatic N) is 2. The predicted molar refractivity (Wildman–Crippen MR) is 256 cm³/mol. The van der Waals surface area contributed by atoms with Crippen molar-refractivity contribution in [2.24, 2.45) is 0 Å². The Kier molecular flexibility index (Phi) is 8.11. The molecule has 0 saturated carbocycles. The van der Waals surface area contributed by atoms with Gasteiger partial charge >= 0.3 is 0 Å². The molecule has 2 heteroatoms. The lowest BCUT2D eigenvalue weighted by atomic mass is 9.67. The van der Waals surface area contributed by atoms with E-state index in [0.717, 1.165) is 22.7 Å². The van der Waals surface area contributed by atoms with E-state index in [2.05, 4.69) is 252 Å². The Morgan fingerprint density at radius 2 is 0.885 bits per heavy atom. The van der Waals surface area contributed by atoms with E-state index in [4.69, 9.17) is 0 Å². The maximum absolute atomic E-state index is 2.45. The third-order valence-electron chi connectivity index (χ3n) is 12.8. The van der Waals surface area contributed by atoms with Crippen LogP contribution in [0.25, 0.3) is 60.5 Å². The molecule has 0 spiro atoms. The second-order valence-electron chi connectivity index (χ2n) is 16.1. The van der Waals surface area contributed by atoms with Crippen LogP contribution in [0.15, 0.2) is 243 Å². The van der Waals surface area contributed by atoms with Crippen molar-refractivity contribution >= 4 is 49.6 Å². The molecule has 1 aliphatic carbocycles. The molecule has 61 heavy (non-hydrogen) atoms. The van der Waals surface area contributed by atoms with Gasteiger partial charge in [0, 0.05) is 33.5 Å². The molecule has 0 unspecified atom stereocenters. The van der Waals surface area contributed by atoms with Crippen molar-refractivity contribution in [3.63, 3.8) is 0 Å². The molecule has 0 aliphatic heterocycles. The molecule has 0 radical (unpaired) electrons. The summed E-state index contributed by atoms with van der Waals surface area (Å²) in [5.74, 6) is 0. The minimum absolute atomic E-state index is 0.446. The first kappa shape index (κ1) is 35.0. The molecule has 0 atom stereocenters. The highest BCUT2D eigenvalue weighted by molar-refractivity contribution is 6.10. The van der Waals surface area contributed by atoms with Gasteiger partial charge in [0.2, 0.25) is 0 Å². The average Bonchev–Trinajstić information content (AvgIpc) is 3.83. The van der Waals surface area contributed by atoms with Crippen molar-refractivity contribution in [1.29, 1.82) is 0 Å². The molecule has 0 bridgehead atoms. The van der Waals surface area contributed by atoms with Crippen LogP contribution in [0.1, 0.15) is 22.3 Å². The SMILES string of the molecule is c1ccc(-n2c3ccccc3c3ccc(N(c4ccc(-c5ccc6c(c5)C(c5ccccc5)(c5ccccc5)c5ccccc5-6)cc4)c4ccc5ccccc5c4)cc32)cc1. The first-order chi connectivity index (χ1) is 30.3. The van der Waals surface area contributed by atoms with Crippen LogP contribution in [-0.4, -0.2) is 4.57 Å². The summed E-state index contributed by atoms with van der Waals surface area (Å²) in [6.45, 7) is 0. The van der Waals surface area contributed by atoms with Crippen LogP contribution >= 0.6 is 0 Å². The van der Waals surface area contributed by atoms with Crippen molar-refractivity contribution in [2.45, 2.75) is 5.41 Å². The fraction of sp³-hybridized carbons (Fsp3) is 0.0169. The number of benzene rings is 10. The summed E-state index contributed by atoms with van der Waals surface area (Å²) in [6, 6.07) is 89.0. The topological polar surface area (TPSA) is 8.17 Å². The summed E-state index contributed by atoms with van der Waals surface area (Å²) < 4.78 is 2.40. The maximum Gasteiger partial charge on any atom is 0.0713 e. The molecule has 2 nitrogen and oxygen atoms in total. The van der Waals surface area contributed by atoms with Crippen molar-refractivity contribution in [2.75, 3.05) is 4.90 Å². The van der Waals surface area contributed by atoms with Gasteiger partial charge in [0.25, 0.3) is 0 Å². The summed E-state index contributed by atoms with van der Waals surface area (Å²) in [6.07, 6.45) is 0.